The van der Waals surface area contributed by atoms with Gasteiger partial charge in [0.25, 0.3) is 0 Å². The Labute approximate surface area is 139 Å². The summed E-state index contributed by atoms with van der Waals surface area (Å²) in [6.45, 7) is 0. The Kier molecular flexibility index (Phi) is 5.47. The molecule has 0 aliphatic heterocycles. The third kappa shape index (κ3) is 3.62. The molecule has 0 saturated carbocycles. The zero-order valence-electron chi connectivity index (χ0n) is 12.1. The summed E-state index contributed by atoms with van der Waals surface area (Å²) in [5.74, 6) is 0.903. The van der Waals surface area contributed by atoms with E-state index in [1.54, 1.807) is 49.6 Å². The Balaban J connectivity index is 2.25. The van der Waals surface area contributed by atoms with Gasteiger partial charge in [0.15, 0.2) is 17.3 Å². The maximum absolute atomic E-state index is 12.2. The highest BCUT2D eigenvalue weighted by atomic mass is 35.5. The molecule has 2 aromatic carbocycles. The quantitative estimate of drug-likeness (QED) is 0.575. The van der Waals surface area contributed by atoms with Gasteiger partial charge in [0.05, 0.1) is 24.3 Å². The lowest BCUT2D eigenvalue weighted by Crippen LogP contribution is -1.97. The molecule has 0 heterocycles. The van der Waals surface area contributed by atoms with Crippen LogP contribution in [-0.4, -0.2) is 20.0 Å². The van der Waals surface area contributed by atoms with E-state index in [4.69, 9.17) is 32.7 Å². The van der Waals surface area contributed by atoms with E-state index in [2.05, 4.69) is 0 Å². The number of hydrogen-bond donors (Lipinski definition) is 0. The summed E-state index contributed by atoms with van der Waals surface area (Å²) in [7, 11) is 3.06. The van der Waals surface area contributed by atoms with E-state index in [0.29, 0.717) is 32.7 Å². The number of ether oxygens (including phenoxy) is 2. The number of allylic oxidation sites excluding steroid dienone is 1. The SMILES string of the molecule is COc1ccc(C(=O)C=Cc2cccc(Cl)c2Cl)cc1OC. The fraction of sp³-hybridized carbons (Fsp3) is 0.118. The van der Waals surface area contributed by atoms with Gasteiger partial charge in [-0.25, -0.2) is 0 Å². The van der Waals surface area contributed by atoms with Crippen molar-refractivity contribution in [3.8, 4) is 11.5 Å². The van der Waals surface area contributed by atoms with Crippen molar-refractivity contribution in [3.63, 3.8) is 0 Å². The summed E-state index contributed by atoms with van der Waals surface area (Å²) in [6, 6.07) is 10.2. The molecule has 0 amide bonds. The molecule has 0 aliphatic rings. The summed E-state index contributed by atoms with van der Waals surface area (Å²) in [5, 5.41) is 0.864. The molecular formula is C17H14Cl2O3. The first-order valence-corrected chi connectivity index (χ1v) is 7.21. The smallest absolute Gasteiger partial charge is 0.185 e. The van der Waals surface area contributed by atoms with E-state index in [1.165, 1.54) is 13.2 Å². The Bertz CT molecular complexity index is 724. The minimum absolute atomic E-state index is 0.169. The molecule has 3 nitrogen and oxygen atoms in total. The van der Waals surface area contributed by atoms with Gasteiger partial charge >= 0.3 is 0 Å². The Morgan fingerprint density at radius 3 is 2.45 bits per heavy atom. The number of hydrogen-bond acceptors (Lipinski definition) is 3. The third-order valence-corrected chi connectivity index (χ3v) is 3.90. The maximum Gasteiger partial charge on any atom is 0.185 e. The van der Waals surface area contributed by atoms with Gasteiger partial charge in [0.2, 0.25) is 0 Å². The molecule has 0 N–H and O–H groups in total. The number of carbonyl (C=O) groups is 1. The van der Waals surface area contributed by atoms with Gasteiger partial charge in [-0.2, -0.15) is 0 Å². The zero-order valence-corrected chi connectivity index (χ0v) is 13.6. The molecule has 0 radical (unpaired) electrons. The van der Waals surface area contributed by atoms with Crippen LogP contribution in [0.1, 0.15) is 15.9 Å². The average Bonchev–Trinajstić information content (AvgIpc) is 2.55. The first-order chi connectivity index (χ1) is 10.6. The summed E-state index contributed by atoms with van der Waals surface area (Å²) >= 11 is 12.0. The van der Waals surface area contributed by atoms with Crippen molar-refractivity contribution in [1.29, 1.82) is 0 Å². The maximum atomic E-state index is 12.2. The van der Waals surface area contributed by atoms with Gasteiger partial charge in [-0.05, 0) is 42.0 Å². The van der Waals surface area contributed by atoms with Gasteiger partial charge in [0, 0.05) is 5.56 Å². The highest BCUT2D eigenvalue weighted by molar-refractivity contribution is 6.42. The van der Waals surface area contributed by atoms with Gasteiger partial charge in [-0.1, -0.05) is 35.3 Å². The van der Waals surface area contributed by atoms with E-state index in [-0.39, 0.29) is 5.78 Å². The first-order valence-electron chi connectivity index (χ1n) is 6.45. The normalized spacial score (nSPS) is 10.7. The highest BCUT2D eigenvalue weighted by Gasteiger charge is 2.09. The number of ketones is 1. The van der Waals surface area contributed by atoms with Crippen molar-refractivity contribution in [2.45, 2.75) is 0 Å². The predicted octanol–water partition coefficient (Wildman–Crippen LogP) is 4.91. The van der Waals surface area contributed by atoms with Crippen LogP contribution in [0, 0.1) is 0 Å². The van der Waals surface area contributed by atoms with E-state index in [0.717, 1.165) is 0 Å². The molecule has 2 aromatic rings. The van der Waals surface area contributed by atoms with Crippen LogP contribution in [0.2, 0.25) is 10.0 Å². The second-order valence-corrected chi connectivity index (χ2v) is 5.20. The van der Waals surface area contributed by atoms with Crippen LogP contribution in [0.15, 0.2) is 42.5 Å². The van der Waals surface area contributed by atoms with Crippen LogP contribution in [0.4, 0.5) is 0 Å². The highest BCUT2D eigenvalue weighted by Crippen LogP contribution is 2.29. The zero-order chi connectivity index (χ0) is 16.1. The molecule has 0 bridgehead atoms. The number of carbonyl (C=O) groups excluding carboxylic acids is 1. The minimum Gasteiger partial charge on any atom is -0.493 e. The summed E-state index contributed by atoms with van der Waals surface area (Å²) in [5.41, 5.74) is 1.18. The van der Waals surface area contributed by atoms with Crippen molar-refractivity contribution in [2.24, 2.45) is 0 Å². The lowest BCUT2D eigenvalue weighted by atomic mass is 10.1. The van der Waals surface area contributed by atoms with Crippen molar-refractivity contribution in [1.82, 2.24) is 0 Å². The standard InChI is InChI=1S/C17H14Cl2O3/c1-21-15-9-7-12(10-16(15)22-2)14(20)8-6-11-4-3-5-13(18)17(11)19/h3-10H,1-2H3. The summed E-state index contributed by atoms with van der Waals surface area (Å²) in [4.78, 5) is 12.2. The van der Waals surface area contributed by atoms with Crippen molar-refractivity contribution in [2.75, 3.05) is 14.2 Å². The van der Waals surface area contributed by atoms with E-state index in [9.17, 15) is 4.79 Å². The lowest BCUT2D eigenvalue weighted by Gasteiger charge is -2.08. The van der Waals surface area contributed by atoms with Crippen LogP contribution in [0.25, 0.3) is 6.08 Å². The lowest BCUT2D eigenvalue weighted by molar-refractivity contribution is 0.104. The fourth-order valence-corrected chi connectivity index (χ4v) is 2.27. The molecule has 0 aliphatic carbocycles. The third-order valence-electron chi connectivity index (χ3n) is 3.06. The molecule has 0 spiro atoms. The molecule has 22 heavy (non-hydrogen) atoms. The number of methoxy groups -OCH3 is 2. The van der Waals surface area contributed by atoms with Crippen molar-refractivity contribution in [3.05, 3.63) is 63.6 Å². The predicted molar refractivity (Wildman–Crippen MR) is 89.4 cm³/mol. The van der Waals surface area contributed by atoms with E-state index >= 15 is 0 Å². The number of halogens is 2. The van der Waals surface area contributed by atoms with Gasteiger partial charge in [0.1, 0.15) is 0 Å². The number of rotatable bonds is 5. The Hall–Kier alpha value is -1.97. The molecule has 2 rings (SSSR count). The molecular weight excluding hydrogens is 323 g/mol. The van der Waals surface area contributed by atoms with Gasteiger partial charge in [-0.15, -0.1) is 0 Å². The minimum atomic E-state index is -0.169. The second-order valence-electron chi connectivity index (χ2n) is 4.41. The van der Waals surface area contributed by atoms with Crippen LogP contribution < -0.4 is 9.47 Å². The Morgan fingerprint density at radius 1 is 1.05 bits per heavy atom. The van der Waals surface area contributed by atoms with Gasteiger partial charge < -0.3 is 9.47 Å². The molecule has 5 heteroatoms. The van der Waals surface area contributed by atoms with Crippen molar-refractivity contribution >= 4 is 35.1 Å². The Morgan fingerprint density at radius 2 is 1.77 bits per heavy atom. The largest absolute Gasteiger partial charge is 0.493 e. The molecule has 0 fully saturated rings. The van der Waals surface area contributed by atoms with Crippen LogP contribution in [-0.2, 0) is 0 Å². The van der Waals surface area contributed by atoms with Crippen LogP contribution in [0.5, 0.6) is 11.5 Å². The molecule has 0 aromatic heterocycles. The van der Waals surface area contributed by atoms with Crippen LogP contribution in [0.3, 0.4) is 0 Å². The first kappa shape index (κ1) is 16.4. The topological polar surface area (TPSA) is 35.5 Å². The van der Waals surface area contributed by atoms with Crippen molar-refractivity contribution < 1.29 is 14.3 Å². The average molecular weight is 337 g/mol. The molecule has 0 saturated heterocycles. The van der Waals surface area contributed by atoms with E-state index in [1.807, 2.05) is 0 Å². The van der Waals surface area contributed by atoms with Gasteiger partial charge in [-0.3, -0.25) is 4.79 Å². The van der Waals surface area contributed by atoms with E-state index < -0.39 is 0 Å². The summed E-state index contributed by atoms with van der Waals surface area (Å²) < 4.78 is 10.3. The molecule has 0 atom stereocenters. The molecule has 114 valence electrons. The number of benzene rings is 2. The second kappa shape index (κ2) is 7.34. The molecule has 0 unspecified atom stereocenters. The summed E-state index contributed by atoms with van der Waals surface area (Å²) in [6.07, 6.45) is 3.08. The monoisotopic (exact) mass is 336 g/mol. The van der Waals surface area contributed by atoms with Crippen LogP contribution >= 0.6 is 23.2 Å². The fourth-order valence-electron chi connectivity index (χ4n) is 1.90.